The van der Waals surface area contributed by atoms with Crippen LogP contribution < -0.4 is 10.2 Å². The molecular formula is C21H25FN2O2S. The summed E-state index contributed by atoms with van der Waals surface area (Å²) in [5, 5.41) is 2.86. The van der Waals surface area contributed by atoms with Crippen LogP contribution in [-0.2, 0) is 9.53 Å². The first-order valence-corrected chi connectivity index (χ1v) is 10.1. The highest BCUT2D eigenvalue weighted by Crippen LogP contribution is 2.32. The summed E-state index contributed by atoms with van der Waals surface area (Å²) in [5.41, 5.74) is 2.94. The quantitative estimate of drug-likeness (QED) is 0.792. The van der Waals surface area contributed by atoms with Crippen LogP contribution in [-0.4, -0.2) is 37.5 Å². The molecule has 1 fully saturated rings. The molecule has 0 spiro atoms. The fourth-order valence-electron chi connectivity index (χ4n) is 3.00. The zero-order valence-electron chi connectivity index (χ0n) is 15.7. The van der Waals surface area contributed by atoms with E-state index in [0.29, 0.717) is 0 Å². The van der Waals surface area contributed by atoms with E-state index in [1.807, 2.05) is 38.1 Å². The maximum Gasteiger partial charge on any atom is 0.237 e. The van der Waals surface area contributed by atoms with E-state index in [1.54, 1.807) is 23.9 Å². The molecule has 0 aliphatic carbocycles. The molecular weight excluding hydrogens is 363 g/mol. The molecule has 4 nitrogen and oxygen atoms in total. The van der Waals surface area contributed by atoms with E-state index in [2.05, 4.69) is 10.2 Å². The third kappa shape index (κ3) is 5.47. The van der Waals surface area contributed by atoms with Crippen molar-refractivity contribution in [2.45, 2.75) is 24.3 Å². The van der Waals surface area contributed by atoms with Crippen molar-refractivity contribution in [2.24, 2.45) is 0 Å². The molecule has 2 unspecified atom stereocenters. The second-order valence-electron chi connectivity index (χ2n) is 6.61. The molecule has 1 N–H and O–H groups in total. The summed E-state index contributed by atoms with van der Waals surface area (Å²) < 4.78 is 18.4. The van der Waals surface area contributed by atoms with Gasteiger partial charge in [0.25, 0.3) is 0 Å². The molecule has 1 aliphatic heterocycles. The first-order chi connectivity index (χ1) is 13.0. The minimum Gasteiger partial charge on any atom is -0.378 e. The molecule has 0 bridgehead atoms. The lowest BCUT2D eigenvalue weighted by Crippen LogP contribution is -2.36. The molecule has 6 heteroatoms. The van der Waals surface area contributed by atoms with Crippen LogP contribution in [0.5, 0.6) is 0 Å². The van der Waals surface area contributed by atoms with Gasteiger partial charge in [0.2, 0.25) is 5.91 Å². The standard InChI is InChI=1S/C21H25FN2O2S/c1-15(17-3-5-18(22)6-4-17)27-16(2)21(25)23-19-7-9-20(10-8-19)24-11-13-26-14-12-24/h3-10,15-16H,11-14H2,1-2H3,(H,23,25). The van der Waals surface area contributed by atoms with Gasteiger partial charge in [-0.1, -0.05) is 12.1 Å². The van der Waals surface area contributed by atoms with E-state index in [4.69, 9.17) is 4.74 Å². The van der Waals surface area contributed by atoms with Crippen molar-refractivity contribution in [3.8, 4) is 0 Å². The molecule has 2 aromatic carbocycles. The lowest BCUT2D eigenvalue weighted by atomic mass is 10.2. The Hall–Kier alpha value is -2.05. The first-order valence-electron chi connectivity index (χ1n) is 9.17. The number of benzene rings is 2. The van der Waals surface area contributed by atoms with Crippen molar-refractivity contribution in [3.05, 3.63) is 59.9 Å². The van der Waals surface area contributed by atoms with Gasteiger partial charge >= 0.3 is 0 Å². The van der Waals surface area contributed by atoms with E-state index in [-0.39, 0.29) is 22.2 Å². The van der Waals surface area contributed by atoms with Crippen molar-refractivity contribution < 1.29 is 13.9 Å². The predicted molar refractivity (Wildman–Crippen MR) is 110 cm³/mol. The number of nitrogens with one attached hydrogen (secondary N) is 1. The van der Waals surface area contributed by atoms with E-state index in [0.717, 1.165) is 43.2 Å². The van der Waals surface area contributed by atoms with Crippen molar-refractivity contribution in [3.63, 3.8) is 0 Å². The number of nitrogens with zero attached hydrogens (tertiary/aromatic N) is 1. The van der Waals surface area contributed by atoms with Crippen LogP contribution in [0, 0.1) is 5.82 Å². The third-order valence-electron chi connectivity index (χ3n) is 4.63. The number of hydrogen-bond donors (Lipinski definition) is 1. The van der Waals surface area contributed by atoms with Crippen molar-refractivity contribution in [1.82, 2.24) is 0 Å². The summed E-state index contributed by atoms with van der Waals surface area (Å²) in [6.07, 6.45) is 0. The number of halogens is 1. The molecule has 3 rings (SSSR count). The Morgan fingerprint density at radius 2 is 1.70 bits per heavy atom. The zero-order chi connectivity index (χ0) is 19.2. The Labute approximate surface area is 164 Å². The molecule has 1 aliphatic rings. The van der Waals surface area contributed by atoms with Crippen LogP contribution in [0.3, 0.4) is 0 Å². The molecule has 0 radical (unpaired) electrons. The summed E-state index contributed by atoms with van der Waals surface area (Å²) in [5.74, 6) is -0.282. The van der Waals surface area contributed by atoms with Gasteiger partial charge in [0.1, 0.15) is 5.82 Å². The summed E-state index contributed by atoms with van der Waals surface area (Å²) in [6.45, 7) is 7.20. The molecule has 27 heavy (non-hydrogen) atoms. The van der Waals surface area contributed by atoms with Crippen molar-refractivity contribution >= 4 is 29.0 Å². The molecule has 144 valence electrons. The highest BCUT2D eigenvalue weighted by Gasteiger charge is 2.18. The molecule has 1 heterocycles. The average Bonchev–Trinajstić information content (AvgIpc) is 2.69. The van der Waals surface area contributed by atoms with Gasteiger partial charge in [-0.05, 0) is 55.8 Å². The van der Waals surface area contributed by atoms with Crippen LogP contribution in [0.1, 0.15) is 24.7 Å². The molecule has 1 amide bonds. The van der Waals surface area contributed by atoms with Crippen LogP contribution in [0.15, 0.2) is 48.5 Å². The van der Waals surface area contributed by atoms with E-state index >= 15 is 0 Å². The van der Waals surface area contributed by atoms with E-state index < -0.39 is 0 Å². The van der Waals surface area contributed by atoms with Gasteiger partial charge < -0.3 is 15.0 Å². The van der Waals surface area contributed by atoms with Crippen molar-refractivity contribution in [2.75, 3.05) is 36.5 Å². The van der Waals surface area contributed by atoms with Gasteiger partial charge in [0.15, 0.2) is 0 Å². The molecule has 0 aromatic heterocycles. The fraction of sp³-hybridized carbons (Fsp3) is 0.381. The van der Waals surface area contributed by atoms with Gasteiger partial charge in [-0.2, -0.15) is 0 Å². The number of rotatable bonds is 6. The summed E-state index contributed by atoms with van der Waals surface area (Å²) in [4.78, 5) is 14.8. The Kier molecular flexibility index (Phi) is 6.74. The fourth-order valence-corrected chi connectivity index (χ4v) is 4.11. The van der Waals surface area contributed by atoms with Gasteiger partial charge in [-0.25, -0.2) is 4.39 Å². The molecule has 0 saturated carbocycles. The predicted octanol–water partition coefficient (Wildman–Crippen LogP) is 4.48. The highest BCUT2D eigenvalue weighted by molar-refractivity contribution is 8.00. The maximum atomic E-state index is 13.1. The SMILES string of the molecule is CC(SC(C)c1ccc(F)cc1)C(=O)Nc1ccc(N2CCOCC2)cc1. The topological polar surface area (TPSA) is 41.6 Å². The van der Waals surface area contributed by atoms with Crippen LogP contribution in [0.2, 0.25) is 0 Å². The largest absolute Gasteiger partial charge is 0.378 e. The number of thioether (sulfide) groups is 1. The maximum absolute atomic E-state index is 13.1. The number of ether oxygens (including phenoxy) is 1. The van der Waals surface area contributed by atoms with Gasteiger partial charge in [0, 0.05) is 29.7 Å². The smallest absolute Gasteiger partial charge is 0.237 e. The normalized spacial score (nSPS) is 16.6. The average molecular weight is 389 g/mol. The first kappa shape index (κ1) is 19.7. The van der Waals surface area contributed by atoms with E-state index in [9.17, 15) is 9.18 Å². The summed E-state index contributed by atoms with van der Waals surface area (Å²) in [6, 6.07) is 14.4. The number of amides is 1. The Bertz CT molecular complexity index is 746. The summed E-state index contributed by atoms with van der Waals surface area (Å²) in [7, 11) is 0. The highest BCUT2D eigenvalue weighted by atomic mass is 32.2. The van der Waals surface area contributed by atoms with Crippen LogP contribution in [0.25, 0.3) is 0 Å². The lowest BCUT2D eigenvalue weighted by molar-refractivity contribution is -0.115. The lowest BCUT2D eigenvalue weighted by Gasteiger charge is -2.29. The van der Waals surface area contributed by atoms with Crippen molar-refractivity contribution in [1.29, 1.82) is 0 Å². The number of carbonyl (C=O) groups excluding carboxylic acids is 1. The molecule has 2 aromatic rings. The third-order valence-corrected chi connectivity index (χ3v) is 5.93. The Balaban J connectivity index is 1.53. The summed E-state index contributed by atoms with van der Waals surface area (Å²) >= 11 is 1.56. The number of morpholine rings is 1. The second kappa shape index (κ2) is 9.24. The molecule has 1 saturated heterocycles. The zero-order valence-corrected chi connectivity index (χ0v) is 16.5. The minimum atomic E-state index is -0.248. The van der Waals surface area contributed by atoms with Crippen LogP contribution >= 0.6 is 11.8 Å². The Morgan fingerprint density at radius 3 is 2.33 bits per heavy atom. The van der Waals surface area contributed by atoms with Crippen LogP contribution in [0.4, 0.5) is 15.8 Å². The van der Waals surface area contributed by atoms with Gasteiger partial charge in [-0.15, -0.1) is 11.8 Å². The van der Waals surface area contributed by atoms with Gasteiger partial charge in [-0.3, -0.25) is 4.79 Å². The Morgan fingerprint density at radius 1 is 1.07 bits per heavy atom. The number of hydrogen-bond acceptors (Lipinski definition) is 4. The monoisotopic (exact) mass is 388 g/mol. The molecule has 2 atom stereocenters. The van der Waals surface area contributed by atoms with E-state index in [1.165, 1.54) is 12.1 Å². The van der Waals surface area contributed by atoms with Gasteiger partial charge in [0.05, 0.1) is 18.5 Å². The minimum absolute atomic E-state index is 0.0342. The number of carbonyl (C=O) groups is 1. The second-order valence-corrected chi connectivity index (χ2v) is 8.29. The number of anilines is 2.